The number of hydrogen-bond acceptors (Lipinski definition) is 2. The molecule has 0 aromatic carbocycles. The molecule has 0 radical (unpaired) electrons. The fourth-order valence-corrected chi connectivity index (χ4v) is 1.23. The molecular formula is C9H17N3S. The molecule has 0 bridgehead atoms. The molecule has 0 saturated carbocycles. The number of aromatic nitrogens is 2. The Balaban J connectivity index is 2.80. The Labute approximate surface area is 84.4 Å². The molecule has 0 aliphatic heterocycles. The number of nitrogens with one attached hydrogen (secondary N) is 1. The van der Waals surface area contributed by atoms with E-state index in [1.807, 2.05) is 12.4 Å². The van der Waals surface area contributed by atoms with Crippen molar-refractivity contribution in [2.75, 3.05) is 14.1 Å². The number of aromatic amines is 1. The molecule has 13 heavy (non-hydrogen) atoms. The minimum absolute atomic E-state index is 0.125. The molecule has 3 nitrogen and oxygen atoms in total. The predicted octanol–water partition coefficient (Wildman–Crippen LogP) is 1.89. The van der Waals surface area contributed by atoms with Crippen molar-refractivity contribution in [1.29, 1.82) is 0 Å². The third kappa shape index (κ3) is 2.42. The van der Waals surface area contributed by atoms with Crippen LogP contribution in [-0.2, 0) is 6.54 Å². The summed E-state index contributed by atoms with van der Waals surface area (Å²) >= 11 is 5.13. The second-order valence-electron chi connectivity index (χ2n) is 4.10. The summed E-state index contributed by atoms with van der Waals surface area (Å²) in [6.45, 7) is 5.30. The summed E-state index contributed by atoms with van der Waals surface area (Å²) in [7, 11) is 4.16. The van der Waals surface area contributed by atoms with Crippen LogP contribution in [0.15, 0.2) is 12.4 Å². The summed E-state index contributed by atoms with van der Waals surface area (Å²) < 4.78 is 2.84. The SMILES string of the molecule is CN(C)C(C)(C)Cn1cc[nH]c1=S. The van der Waals surface area contributed by atoms with Gasteiger partial charge in [0, 0.05) is 24.5 Å². The third-order valence-electron chi connectivity index (χ3n) is 2.49. The molecular weight excluding hydrogens is 182 g/mol. The van der Waals surface area contributed by atoms with Gasteiger partial charge in [0.1, 0.15) is 0 Å². The van der Waals surface area contributed by atoms with Crippen LogP contribution in [0.1, 0.15) is 13.8 Å². The molecule has 0 atom stereocenters. The Morgan fingerprint density at radius 3 is 2.54 bits per heavy atom. The Kier molecular flexibility index (Phi) is 2.93. The number of imidazole rings is 1. The van der Waals surface area contributed by atoms with E-state index < -0.39 is 0 Å². The first-order valence-electron chi connectivity index (χ1n) is 4.35. The second kappa shape index (κ2) is 3.64. The van der Waals surface area contributed by atoms with Gasteiger partial charge in [-0.1, -0.05) is 0 Å². The topological polar surface area (TPSA) is 24.0 Å². The molecule has 4 heteroatoms. The molecule has 0 unspecified atom stereocenters. The van der Waals surface area contributed by atoms with Crippen molar-refractivity contribution in [2.45, 2.75) is 25.9 Å². The van der Waals surface area contributed by atoms with Crippen molar-refractivity contribution in [3.63, 3.8) is 0 Å². The Bertz CT molecular complexity index is 322. The highest BCUT2D eigenvalue weighted by molar-refractivity contribution is 7.71. The van der Waals surface area contributed by atoms with E-state index in [4.69, 9.17) is 12.2 Å². The molecule has 1 rings (SSSR count). The van der Waals surface area contributed by atoms with Crippen molar-refractivity contribution in [1.82, 2.24) is 14.5 Å². The highest BCUT2D eigenvalue weighted by Crippen LogP contribution is 2.13. The van der Waals surface area contributed by atoms with E-state index >= 15 is 0 Å². The minimum Gasteiger partial charge on any atom is -0.337 e. The van der Waals surface area contributed by atoms with Gasteiger partial charge in [-0.2, -0.15) is 0 Å². The standard InChI is InChI=1S/C9H17N3S/c1-9(2,11(3)4)7-12-6-5-10-8(12)13/h5-6H,7H2,1-4H3,(H,10,13). The first-order chi connectivity index (χ1) is 5.93. The Hall–Kier alpha value is -0.610. The van der Waals surface area contributed by atoms with E-state index in [0.29, 0.717) is 0 Å². The first-order valence-corrected chi connectivity index (χ1v) is 4.75. The molecule has 1 aromatic heterocycles. The van der Waals surface area contributed by atoms with Crippen LogP contribution in [-0.4, -0.2) is 34.1 Å². The van der Waals surface area contributed by atoms with Gasteiger partial charge in [-0.15, -0.1) is 0 Å². The molecule has 1 heterocycles. The molecule has 0 aliphatic rings. The minimum atomic E-state index is 0.125. The summed E-state index contributed by atoms with van der Waals surface area (Å²) in [5.74, 6) is 0. The van der Waals surface area contributed by atoms with Crippen molar-refractivity contribution in [3.05, 3.63) is 17.2 Å². The average Bonchev–Trinajstić information content (AvgIpc) is 2.35. The average molecular weight is 199 g/mol. The van der Waals surface area contributed by atoms with Gasteiger partial charge >= 0.3 is 0 Å². The number of hydrogen-bond donors (Lipinski definition) is 1. The van der Waals surface area contributed by atoms with Gasteiger partial charge in [0.15, 0.2) is 4.77 Å². The maximum atomic E-state index is 5.13. The lowest BCUT2D eigenvalue weighted by Gasteiger charge is -2.32. The van der Waals surface area contributed by atoms with Crippen LogP contribution in [0.5, 0.6) is 0 Å². The number of H-pyrrole nitrogens is 1. The van der Waals surface area contributed by atoms with Gasteiger partial charge in [0.25, 0.3) is 0 Å². The van der Waals surface area contributed by atoms with Gasteiger partial charge in [0.05, 0.1) is 0 Å². The lowest BCUT2D eigenvalue weighted by molar-refractivity contribution is 0.169. The summed E-state index contributed by atoms with van der Waals surface area (Å²) in [5.41, 5.74) is 0.125. The summed E-state index contributed by atoms with van der Waals surface area (Å²) in [6.07, 6.45) is 3.85. The first kappa shape index (κ1) is 10.5. The van der Waals surface area contributed by atoms with Gasteiger partial charge in [-0.25, -0.2) is 0 Å². The normalized spacial score (nSPS) is 12.4. The molecule has 74 valence electrons. The maximum Gasteiger partial charge on any atom is 0.177 e. The van der Waals surface area contributed by atoms with Crippen LogP contribution in [0.25, 0.3) is 0 Å². The predicted molar refractivity (Wildman–Crippen MR) is 57.4 cm³/mol. The monoisotopic (exact) mass is 199 g/mol. The number of likely N-dealkylation sites (N-methyl/N-ethyl adjacent to an activating group) is 1. The Morgan fingerprint density at radius 2 is 2.15 bits per heavy atom. The van der Waals surface area contributed by atoms with Gasteiger partial charge < -0.3 is 14.5 Å². The van der Waals surface area contributed by atoms with Crippen molar-refractivity contribution < 1.29 is 0 Å². The van der Waals surface area contributed by atoms with Crippen LogP contribution < -0.4 is 0 Å². The van der Waals surface area contributed by atoms with E-state index in [-0.39, 0.29) is 5.54 Å². The lowest BCUT2D eigenvalue weighted by atomic mass is 10.0. The zero-order chi connectivity index (χ0) is 10.1. The zero-order valence-corrected chi connectivity index (χ0v) is 9.48. The van der Waals surface area contributed by atoms with Crippen LogP contribution in [0.3, 0.4) is 0 Å². The maximum absolute atomic E-state index is 5.13. The highest BCUT2D eigenvalue weighted by Gasteiger charge is 2.20. The zero-order valence-electron chi connectivity index (χ0n) is 8.66. The van der Waals surface area contributed by atoms with Crippen LogP contribution in [0, 0.1) is 4.77 Å². The van der Waals surface area contributed by atoms with Gasteiger partial charge in [-0.05, 0) is 40.2 Å². The molecule has 0 spiro atoms. The molecule has 0 saturated heterocycles. The summed E-state index contributed by atoms with van der Waals surface area (Å²) in [5, 5.41) is 0. The molecule has 1 aromatic rings. The van der Waals surface area contributed by atoms with Crippen molar-refractivity contribution >= 4 is 12.2 Å². The van der Waals surface area contributed by atoms with E-state index in [2.05, 4.69) is 42.4 Å². The lowest BCUT2D eigenvalue weighted by Crippen LogP contribution is -2.41. The van der Waals surface area contributed by atoms with Crippen LogP contribution in [0.2, 0.25) is 0 Å². The molecule has 0 aliphatic carbocycles. The van der Waals surface area contributed by atoms with Crippen molar-refractivity contribution in [2.24, 2.45) is 0 Å². The van der Waals surface area contributed by atoms with Gasteiger partial charge in [0.2, 0.25) is 0 Å². The van der Waals surface area contributed by atoms with E-state index in [1.165, 1.54) is 0 Å². The van der Waals surface area contributed by atoms with Crippen LogP contribution in [0.4, 0.5) is 0 Å². The summed E-state index contributed by atoms with van der Waals surface area (Å²) in [4.78, 5) is 5.19. The molecule has 0 fully saturated rings. The fraction of sp³-hybridized carbons (Fsp3) is 0.667. The van der Waals surface area contributed by atoms with E-state index in [1.54, 1.807) is 0 Å². The second-order valence-corrected chi connectivity index (χ2v) is 4.49. The van der Waals surface area contributed by atoms with Gasteiger partial charge in [-0.3, -0.25) is 0 Å². The van der Waals surface area contributed by atoms with E-state index in [0.717, 1.165) is 11.3 Å². The molecule has 1 N–H and O–H groups in total. The van der Waals surface area contributed by atoms with E-state index in [9.17, 15) is 0 Å². The largest absolute Gasteiger partial charge is 0.337 e. The fourth-order valence-electron chi connectivity index (χ4n) is 1.03. The smallest absolute Gasteiger partial charge is 0.177 e. The van der Waals surface area contributed by atoms with Crippen LogP contribution >= 0.6 is 12.2 Å². The molecule has 0 amide bonds. The highest BCUT2D eigenvalue weighted by atomic mass is 32.1. The Morgan fingerprint density at radius 1 is 1.54 bits per heavy atom. The number of rotatable bonds is 3. The summed E-state index contributed by atoms with van der Waals surface area (Å²) in [6, 6.07) is 0. The quantitative estimate of drug-likeness (QED) is 0.752. The van der Waals surface area contributed by atoms with Crippen molar-refractivity contribution in [3.8, 4) is 0 Å². The third-order valence-corrected chi connectivity index (χ3v) is 2.84. The number of nitrogens with zero attached hydrogens (tertiary/aromatic N) is 2.